The molecule has 0 saturated heterocycles. The highest BCUT2D eigenvalue weighted by atomic mass is 32.2. The highest BCUT2D eigenvalue weighted by Gasteiger charge is 2.23. The van der Waals surface area contributed by atoms with Crippen LogP contribution >= 0.6 is 0 Å². The number of benzene rings is 2. The van der Waals surface area contributed by atoms with E-state index in [4.69, 9.17) is 4.74 Å². The average molecular weight is 352 g/mol. The summed E-state index contributed by atoms with van der Waals surface area (Å²) in [5, 5.41) is 2.58. The minimum atomic E-state index is -3.74. The molecule has 0 aliphatic heterocycles. The van der Waals surface area contributed by atoms with E-state index in [9.17, 15) is 17.6 Å². The molecule has 0 aliphatic carbocycles. The van der Waals surface area contributed by atoms with Crippen molar-refractivity contribution < 1.29 is 22.3 Å². The normalized spacial score (nSPS) is 11.4. The Morgan fingerprint density at radius 1 is 1.12 bits per heavy atom. The van der Waals surface area contributed by atoms with Gasteiger partial charge >= 0.3 is 0 Å². The first kappa shape index (κ1) is 17.9. The van der Waals surface area contributed by atoms with Gasteiger partial charge in [0.05, 0.1) is 7.11 Å². The van der Waals surface area contributed by atoms with E-state index in [-0.39, 0.29) is 21.9 Å². The molecule has 2 aromatic carbocycles. The molecule has 128 valence electrons. The maximum Gasteiger partial charge on any atom is 0.255 e. The fourth-order valence-corrected chi connectivity index (χ4v) is 3.03. The molecule has 6 nitrogen and oxygen atoms in total. The van der Waals surface area contributed by atoms with Crippen molar-refractivity contribution in [3.8, 4) is 5.75 Å². The Labute approximate surface area is 139 Å². The van der Waals surface area contributed by atoms with Crippen LogP contribution in [0.4, 0.5) is 10.1 Å². The number of rotatable bonds is 5. The van der Waals surface area contributed by atoms with Gasteiger partial charge in [0, 0.05) is 25.3 Å². The minimum Gasteiger partial charge on any atom is -0.495 e. The molecule has 1 N–H and O–H groups in total. The van der Waals surface area contributed by atoms with Crippen molar-refractivity contribution in [3.05, 3.63) is 53.8 Å². The highest BCUT2D eigenvalue weighted by molar-refractivity contribution is 7.89. The average Bonchev–Trinajstić information content (AvgIpc) is 2.55. The molecule has 8 heteroatoms. The fraction of sp³-hybridized carbons (Fsp3) is 0.188. The molecule has 0 bridgehead atoms. The second-order valence-corrected chi connectivity index (χ2v) is 7.23. The van der Waals surface area contributed by atoms with Crippen LogP contribution in [0.2, 0.25) is 0 Å². The van der Waals surface area contributed by atoms with Gasteiger partial charge in [-0.05, 0) is 42.5 Å². The maximum atomic E-state index is 12.9. The van der Waals surface area contributed by atoms with Gasteiger partial charge in [-0.2, -0.15) is 0 Å². The van der Waals surface area contributed by atoms with E-state index in [1.807, 2.05) is 0 Å². The summed E-state index contributed by atoms with van der Waals surface area (Å²) in [4.78, 5) is 12.1. The third-order valence-corrected chi connectivity index (χ3v) is 5.12. The molecular formula is C16H17FN2O4S. The van der Waals surface area contributed by atoms with Crippen LogP contribution in [0.1, 0.15) is 10.4 Å². The van der Waals surface area contributed by atoms with Crippen molar-refractivity contribution in [2.45, 2.75) is 4.90 Å². The molecule has 2 rings (SSSR count). The van der Waals surface area contributed by atoms with Crippen LogP contribution in [0, 0.1) is 5.82 Å². The SMILES string of the molecule is COc1ccc(NC(=O)c2ccc(F)cc2)cc1S(=O)(=O)N(C)C. The lowest BCUT2D eigenvalue weighted by atomic mass is 10.2. The summed E-state index contributed by atoms with van der Waals surface area (Å²) in [6.45, 7) is 0. The van der Waals surface area contributed by atoms with Crippen molar-refractivity contribution >= 4 is 21.6 Å². The summed E-state index contributed by atoms with van der Waals surface area (Å²) in [6.07, 6.45) is 0. The van der Waals surface area contributed by atoms with Gasteiger partial charge < -0.3 is 10.1 Å². The lowest BCUT2D eigenvalue weighted by molar-refractivity contribution is 0.102. The molecule has 24 heavy (non-hydrogen) atoms. The first-order valence-electron chi connectivity index (χ1n) is 6.93. The zero-order chi connectivity index (χ0) is 17.9. The first-order chi connectivity index (χ1) is 11.3. The smallest absolute Gasteiger partial charge is 0.255 e. The molecule has 0 fully saturated rings. The Hall–Kier alpha value is -2.45. The van der Waals surface area contributed by atoms with E-state index in [0.29, 0.717) is 0 Å². The fourth-order valence-electron chi connectivity index (χ4n) is 1.96. The van der Waals surface area contributed by atoms with E-state index in [1.54, 1.807) is 0 Å². The highest BCUT2D eigenvalue weighted by Crippen LogP contribution is 2.29. The number of hydrogen-bond acceptors (Lipinski definition) is 4. The predicted octanol–water partition coefficient (Wildman–Crippen LogP) is 2.34. The molecule has 0 heterocycles. The van der Waals surface area contributed by atoms with Crippen molar-refractivity contribution in [2.24, 2.45) is 0 Å². The van der Waals surface area contributed by atoms with Crippen molar-refractivity contribution in [2.75, 3.05) is 26.5 Å². The van der Waals surface area contributed by atoms with E-state index in [1.165, 1.54) is 63.7 Å². The van der Waals surface area contributed by atoms with E-state index < -0.39 is 21.7 Å². The number of amides is 1. The summed E-state index contributed by atoms with van der Waals surface area (Å²) in [7, 11) is 0.424. The number of nitrogens with zero attached hydrogens (tertiary/aromatic N) is 1. The summed E-state index contributed by atoms with van der Waals surface area (Å²) >= 11 is 0. The van der Waals surface area contributed by atoms with E-state index in [2.05, 4.69) is 5.32 Å². The van der Waals surface area contributed by atoms with Gasteiger partial charge in [-0.15, -0.1) is 0 Å². The number of carbonyl (C=O) groups is 1. The maximum absolute atomic E-state index is 12.9. The monoisotopic (exact) mass is 352 g/mol. The molecule has 0 saturated carbocycles. The zero-order valence-electron chi connectivity index (χ0n) is 13.4. The Bertz CT molecular complexity index is 849. The van der Waals surface area contributed by atoms with Gasteiger partial charge in [0.1, 0.15) is 16.5 Å². The number of anilines is 1. The number of carbonyl (C=O) groups excluding carboxylic acids is 1. The largest absolute Gasteiger partial charge is 0.495 e. The van der Waals surface area contributed by atoms with Gasteiger partial charge in [0.15, 0.2) is 0 Å². The molecule has 0 aliphatic rings. The lowest BCUT2D eigenvalue weighted by Gasteiger charge is -2.16. The molecule has 0 aromatic heterocycles. The quantitative estimate of drug-likeness (QED) is 0.896. The topological polar surface area (TPSA) is 75.7 Å². The van der Waals surface area contributed by atoms with E-state index in [0.717, 1.165) is 4.31 Å². The summed E-state index contributed by atoms with van der Waals surface area (Å²) in [5.41, 5.74) is 0.537. The number of nitrogens with one attached hydrogen (secondary N) is 1. The molecule has 1 amide bonds. The van der Waals surface area contributed by atoms with Crippen LogP contribution in [-0.4, -0.2) is 39.8 Å². The summed E-state index contributed by atoms with van der Waals surface area (Å²) in [5.74, 6) is -0.757. The summed E-state index contributed by atoms with van der Waals surface area (Å²) < 4.78 is 43.7. The van der Waals surface area contributed by atoms with Crippen LogP contribution in [0.15, 0.2) is 47.4 Å². The van der Waals surface area contributed by atoms with Gasteiger partial charge in [0.2, 0.25) is 10.0 Å². The Morgan fingerprint density at radius 3 is 2.29 bits per heavy atom. The van der Waals surface area contributed by atoms with E-state index >= 15 is 0 Å². The second kappa shape index (κ2) is 6.98. The van der Waals surface area contributed by atoms with Crippen LogP contribution < -0.4 is 10.1 Å². The number of sulfonamides is 1. The number of halogens is 1. The Morgan fingerprint density at radius 2 is 1.75 bits per heavy atom. The van der Waals surface area contributed by atoms with Crippen LogP contribution in [-0.2, 0) is 10.0 Å². The number of hydrogen-bond donors (Lipinski definition) is 1. The number of ether oxygens (including phenoxy) is 1. The van der Waals surface area contributed by atoms with Crippen LogP contribution in [0.25, 0.3) is 0 Å². The van der Waals surface area contributed by atoms with Crippen molar-refractivity contribution in [3.63, 3.8) is 0 Å². The number of methoxy groups -OCH3 is 1. The van der Waals surface area contributed by atoms with Crippen molar-refractivity contribution in [1.82, 2.24) is 4.31 Å². The molecule has 0 radical (unpaired) electrons. The van der Waals surface area contributed by atoms with Gasteiger partial charge in [-0.3, -0.25) is 4.79 Å². The molecule has 0 unspecified atom stereocenters. The predicted molar refractivity (Wildman–Crippen MR) is 88.2 cm³/mol. The Balaban J connectivity index is 2.35. The third-order valence-electron chi connectivity index (χ3n) is 3.29. The lowest BCUT2D eigenvalue weighted by Crippen LogP contribution is -2.23. The van der Waals surface area contributed by atoms with Crippen LogP contribution in [0.5, 0.6) is 5.75 Å². The van der Waals surface area contributed by atoms with Gasteiger partial charge in [-0.25, -0.2) is 17.1 Å². The first-order valence-corrected chi connectivity index (χ1v) is 8.37. The second-order valence-electron chi connectivity index (χ2n) is 5.11. The third kappa shape index (κ3) is 3.72. The zero-order valence-corrected chi connectivity index (χ0v) is 14.2. The minimum absolute atomic E-state index is 0.0630. The van der Waals surface area contributed by atoms with Gasteiger partial charge in [-0.1, -0.05) is 0 Å². The van der Waals surface area contributed by atoms with Crippen molar-refractivity contribution in [1.29, 1.82) is 0 Å². The molecule has 2 aromatic rings. The molecular weight excluding hydrogens is 335 g/mol. The standard InChI is InChI=1S/C16H17FN2O4S/c1-19(2)24(21,22)15-10-13(8-9-14(15)23-3)18-16(20)11-4-6-12(17)7-5-11/h4-10H,1-3H3,(H,18,20). The molecule has 0 atom stereocenters. The van der Waals surface area contributed by atoms with Crippen LogP contribution in [0.3, 0.4) is 0 Å². The van der Waals surface area contributed by atoms with Gasteiger partial charge in [0.25, 0.3) is 5.91 Å². The molecule has 0 spiro atoms. The summed E-state index contributed by atoms with van der Waals surface area (Å²) in [6, 6.07) is 9.31. The Kier molecular flexibility index (Phi) is 5.20.